The number of hydrogen-bond donors (Lipinski definition) is 1. The molecule has 100 valence electrons. The Morgan fingerprint density at radius 3 is 2.74 bits per heavy atom. The summed E-state index contributed by atoms with van der Waals surface area (Å²) in [5.74, 6) is 0.371. The average molecular weight is 260 g/mol. The minimum Gasteiger partial charge on any atom is -0.389 e. The van der Waals surface area contributed by atoms with Crippen molar-refractivity contribution >= 4 is 11.5 Å². The molecular formula is C15H17FN2O. The smallest absolute Gasteiger partial charge is 0.138 e. The van der Waals surface area contributed by atoms with Gasteiger partial charge in [-0.25, -0.2) is 9.37 Å². The normalized spacial score (nSPS) is 12.2. The molecule has 3 nitrogen and oxygen atoms in total. The Hall–Kier alpha value is -1.94. The van der Waals surface area contributed by atoms with Crippen molar-refractivity contribution in [2.75, 3.05) is 11.4 Å². The molecule has 0 bridgehead atoms. The number of pyridine rings is 1. The van der Waals surface area contributed by atoms with Crippen LogP contribution in [0.3, 0.4) is 0 Å². The Morgan fingerprint density at radius 2 is 2.11 bits per heavy atom. The summed E-state index contributed by atoms with van der Waals surface area (Å²) < 4.78 is 13.3. The lowest BCUT2D eigenvalue weighted by atomic mass is 10.1. The van der Waals surface area contributed by atoms with E-state index in [1.54, 1.807) is 25.3 Å². The molecule has 1 aromatic heterocycles. The maximum absolute atomic E-state index is 13.3. The summed E-state index contributed by atoms with van der Waals surface area (Å²) in [4.78, 5) is 6.20. The molecule has 1 N–H and O–H groups in total. The lowest BCUT2D eigenvalue weighted by molar-refractivity contribution is 0.199. The van der Waals surface area contributed by atoms with E-state index in [9.17, 15) is 9.50 Å². The van der Waals surface area contributed by atoms with Crippen LogP contribution in [0.25, 0.3) is 0 Å². The van der Waals surface area contributed by atoms with Crippen molar-refractivity contribution in [1.29, 1.82) is 0 Å². The van der Waals surface area contributed by atoms with Crippen LogP contribution in [-0.4, -0.2) is 16.6 Å². The third kappa shape index (κ3) is 2.90. The molecule has 1 aromatic carbocycles. The fourth-order valence-corrected chi connectivity index (χ4v) is 2.06. The van der Waals surface area contributed by atoms with Crippen molar-refractivity contribution < 1.29 is 9.50 Å². The number of aromatic nitrogens is 1. The first-order valence-corrected chi connectivity index (χ1v) is 6.29. The van der Waals surface area contributed by atoms with Gasteiger partial charge in [-0.2, -0.15) is 0 Å². The highest BCUT2D eigenvalue weighted by Crippen LogP contribution is 2.29. The number of anilines is 2. The second kappa shape index (κ2) is 5.80. The predicted molar refractivity (Wildman–Crippen MR) is 74.0 cm³/mol. The molecule has 1 unspecified atom stereocenters. The summed E-state index contributed by atoms with van der Waals surface area (Å²) in [6.07, 6.45) is 1.05. The number of hydrogen-bond acceptors (Lipinski definition) is 3. The van der Waals surface area contributed by atoms with Gasteiger partial charge in [-0.05, 0) is 38.1 Å². The second-order valence-corrected chi connectivity index (χ2v) is 4.32. The molecule has 0 radical (unpaired) electrons. The lowest BCUT2D eigenvalue weighted by Gasteiger charge is -2.25. The third-order valence-corrected chi connectivity index (χ3v) is 2.96. The largest absolute Gasteiger partial charge is 0.389 e. The molecular weight excluding hydrogens is 243 g/mol. The van der Waals surface area contributed by atoms with E-state index in [1.165, 1.54) is 12.1 Å². The maximum atomic E-state index is 13.3. The number of benzene rings is 1. The van der Waals surface area contributed by atoms with Gasteiger partial charge in [0.15, 0.2) is 0 Å². The number of rotatable bonds is 4. The highest BCUT2D eigenvalue weighted by atomic mass is 19.1. The van der Waals surface area contributed by atoms with E-state index in [4.69, 9.17) is 0 Å². The number of nitrogens with zero attached hydrogens (tertiary/aromatic N) is 2. The van der Waals surface area contributed by atoms with Crippen LogP contribution < -0.4 is 4.90 Å². The molecule has 1 heterocycles. The molecule has 2 rings (SSSR count). The lowest BCUT2D eigenvalue weighted by Crippen LogP contribution is -2.19. The zero-order valence-electron chi connectivity index (χ0n) is 11.0. The van der Waals surface area contributed by atoms with Crippen molar-refractivity contribution in [2.45, 2.75) is 20.0 Å². The standard InChI is InChI=1S/C15H17FN2O/c1-3-18(13-7-4-6-12(16)10-13)15-14(11(2)19)8-5-9-17-15/h4-11,19H,3H2,1-2H3. The van der Waals surface area contributed by atoms with Crippen LogP contribution in [-0.2, 0) is 0 Å². The highest BCUT2D eigenvalue weighted by molar-refractivity contribution is 5.63. The second-order valence-electron chi connectivity index (χ2n) is 4.32. The van der Waals surface area contributed by atoms with Crippen LogP contribution in [0, 0.1) is 5.82 Å². The summed E-state index contributed by atoms with van der Waals surface area (Å²) in [5, 5.41) is 9.81. The molecule has 0 aliphatic heterocycles. The SMILES string of the molecule is CCN(c1cccc(F)c1)c1ncccc1C(C)O. The quantitative estimate of drug-likeness (QED) is 0.915. The van der Waals surface area contributed by atoms with E-state index in [0.717, 1.165) is 11.3 Å². The summed E-state index contributed by atoms with van der Waals surface area (Å²) in [7, 11) is 0. The maximum Gasteiger partial charge on any atom is 0.138 e. The fourth-order valence-electron chi connectivity index (χ4n) is 2.06. The first kappa shape index (κ1) is 13.5. The molecule has 0 amide bonds. The van der Waals surface area contributed by atoms with Crippen LogP contribution in [0.1, 0.15) is 25.5 Å². The number of aliphatic hydroxyl groups excluding tert-OH is 1. The van der Waals surface area contributed by atoms with Crippen molar-refractivity contribution in [3.05, 3.63) is 54.0 Å². The topological polar surface area (TPSA) is 36.4 Å². The molecule has 0 saturated carbocycles. The molecule has 0 saturated heterocycles. The highest BCUT2D eigenvalue weighted by Gasteiger charge is 2.16. The van der Waals surface area contributed by atoms with Gasteiger partial charge in [0.2, 0.25) is 0 Å². The van der Waals surface area contributed by atoms with Crippen LogP contribution in [0.2, 0.25) is 0 Å². The van der Waals surface area contributed by atoms with Gasteiger partial charge in [-0.3, -0.25) is 0 Å². The number of aliphatic hydroxyl groups is 1. The predicted octanol–water partition coefficient (Wildman–Crippen LogP) is 3.43. The zero-order chi connectivity index (χ0) is 13.8. The van der Waals surface area contributed by atoms with E-state index in [-0.39, 0.29) is 5.82 Å². The number of halogens is 1. The van der Waals surface area contributed by atoms with Crippen molar-refractivity contribution in [1.82, 2.24) is 4.98 Å². The van der Waals surface area contributed by atoms with Crippen LogP contribution in [0.4, 0.5) is 15.9 Å². The van der Waals surface area contributed by atoms with Gasteiger partial charge in [0.25, 0.3) is 0 Å². The van der Waals surface area contributed by atoms with Gasteiger partial charge in [-0.1, -0.05) is 12.1 Å². The van der Waals surface area contributed by atoms with E-state index >= 15 is 0 Å². The van der Waals surface area contributed by atoms with E-state index < -0.39 is 6.10 Å². The molecule has 0 aliphatic rings. The van der Waals surface area contributed by atoms with Gasteiger partial charge < -0.3 is 10.0 Å². The first-order valence-electron chi connectivity index (χ1n) is 6.29. The summed E-state index contributed by atoms with van der Waals surface area (Å²) in [6.45, 7) is 4.30. The van der Waals surface area contributed by atoms with Crippen molar-refractivity contribution in [3.8, 4) is 0 Å². The van der Waals surface area contributed by atoms with Crippen molar-refractivity contribution in [3.63, 3.8) is 0 Å². The Bertz CT molecular complexity index is 557. The molecule has 0 fully saturated rings. The van der Waals surface area contributed by atoms with Gasteiger partial charge in [0.1, 0.15) is 11.6 Å². The zero-order valence-corrected chi connectivity index (χ0v) is 11.0. The molecule has 0 aliphatic carbocycles. The Morgan fingerprint density at radius 1 is 1.32 bits per heavy atom. The molecule has 2 aromatic rings. The molecule has 19 heavy (non-hydrogen) atoms. The van der Waals surface area contributed by atoms with Gasteiger partial charge in [0, 0.05) is 24.0 Å². The van der Waals surface area contributed by atoms with E-state index in [0.29, 0.717) is 12.4 Å². The average Bonchev–Trinajstić information content (AvgIpc) is 2.40. The fraction of sp³-hybridized carbons (Fsp3) is 0.267. The molecule has 1 atom stereocenters. The van der Waals surface area contributed by atoms with Crippen LogP contribution >= 0.6 is 0 Å². The van der Waals surface area contributed by atoms with Crippen molar-refractivity contribution in [2.24, 2.45) is 0 Å². The Balaban J connectivity index is 2.48. The minimum absolute atomic E-state index is 0.287. The third-order valence-electron chi connectivity index (χ3n) is 2.96. The Labute approximate surface area is 112 Å². The van der Waals surface area contributed by atoms with Gasteiger partial charge in [-0.15, -0.1) is 0 Å². The molecule has 4 heteroatoms. The summed E-state index contributed by atoms with van der Waals surface area (Å²) >= 11 is 0. The summed E-state index contributed by atoms with van der Waals surface area (Å²) in [6, 6.07) is 9.97. The molecule has 0 spiro atoms. The van der Waals surface area contributed by atoms with E-state index in [2.05, 4.69) is 4.98 Å². The van der Waals surface area contributed by atoms with Gasteiger partial charge >= 0.3 is 0 Å². The summed E-state index contributed by atoms with van der Waals surface area (Å²) in [5.41, 5.74) is 1.46. The van der Waals surface area contributed by atoms with Gasteiger partial charge in [0.05, 0.1) is 6.10 Å². The van der Waals surface area contributed by atoms with Crippen LogP contribution in [0.15, 0.2) is 42.6 Å². The minimum atomic E-state index is -0.619. The first-order chi connectivity index (χ1) is 9.13. The monoisotopic (exact) mass is 260 g/mol. The van der Waals surface area contributed by atoms with Crippen LogP contribution in [0.5, 0.6) is 0 Å². The van der Waals surface area contributed by atoms with E-state index in [1.807, 2.05) is 24.0 Å². The Kier molecular flexibility index (Phi) is 4.12.